The van der Waals surface area contributed by atoms with Crippen LogP contribution in [0.4, 0.5) is 0 Å². The molecule has 0 bridgehead atoms. The number of nitrogens with one attached hydrogen (secondary N) is 1. The van der Waals surface area contributed by atoms with E-state index in [2.05, 4.69) is 67.8 Å². The largest absolute Gasteiger partial charge is 0.394 e. The van der Waals surface area contributed by atoms with Crippen LogP contribution in [0.15, 0.2) is 48.6 Å². The Morgan fingerprint density at radius 2 is 0.721 bits per heavy atom. The topological polar surface area (TPSA) is 69.6 Å². The Labute approximate surface area is 382 Å². The molecule has 0 aromatic heterocycles. The molecule has 0 aromatic rings. The predicted octanol–water partition coefficient (Wildman–Crippen LogP) is 17.9. The van der Waals surface area contributed by atoms with Gasteiger partial charge in [0, 0.05) is 6.42 Å². The highest BCUT2D eigenvalue weighted by Gasteiger charge is 2.20. The van der Waals surface area contributed by atoms with E-state index < -0.39 is 12.1 Å². The number of amides is 1. The number of unbranched alkanes of at least 4 members (excludes halogenated alkanes) is 35. The van der Waals surface area contributed by atoms with Gasteiger partial charge in [-0.3, -0.25) is 4.79 Å². The third-order valence-electron chi connectivity index (χ3n) is 12.6. The summed E-state index contributed by atoms with van der Waals surface area (Å²) < 4.78 is 0. The van der Waals surface area contributed by atoms with Crippen LogP contribution in [-0.4, -0.2) is 34.9 Å². The van der Waals surface area contributed by atoms with Crippen LogP contribution in [0.1, 0.15) is 290 Å². The molecule has 3 N–H and O–H groups in total. The molecule has 4 nitrogen and oxygen atoms in total. The van der Waals surface area contributed by atoms with Gasteiger partial charge < -0.3 is 15.5 Å². The number of rotatable bonds is 50. The lowest BCUT2D eigenvalue weighted by Gasteiger charge is -2.22. The van der Waals surface area contributed by atoms with Crippen molar-refractivity contribution in [3.63, 3.8) is 0 Å². The first-order chi connectivity index (χ1) is 30.2. The number of carbonyl (C=O) groups excluding carboxylic acids is 1. The molecule has 0 saturated carbocycles. The van der Waals surface area contributed by atoms with E-state index >= 15 is 0 Å². The smallest absolute Gasteiger partial charge is 0.220 e. The van der Waals surface area contributed by atoms with Crippen LogP contribution in [-0.2, 0) is 4.79 Å². The Kier molecular flexibility index (Phi) is 51.3. The molecule has 0 heterocycles. The molecule has 0 spiro atoms. The Morgan fingerprint density at radius 3 is 1.08 bits per heavy atom. The number of aliphatic hydroxyl groups excluding tert-OH is 2. The van der Waals surface area contributed by atoms with Crippen molar-refractivity contribution in [1.82, 2.24) is 5.32 Å². The molecule has 0 radical (unpaired) electrons. The molecule has 0 aromatic carbocycles. The minimum Gasteiger partial charge on any atom is -0.394 e. The zero-order valence-electron chi connectivity index (χ0n) is 41.2. The summed E-state index contributed by atoms with van der Waals surface area (Å²) in [6, 6.07) is -0.537. The molecule has 0 fully saturated rings. The quantitative estimate of drug-likeness (QED) is 0.0422. The van der Waals surface area contributed by atoms with E-state index in [0.717, 1.165) is 51.4 Å². The first kappa shape index (κ1) is 59.4. The standard InChI is InChI=1S/C57H107NO3/c1-3-5-7-9-11-13-15-17-19-21-23-25-26-27-28-29-30-31-32-33-35-37-39-41-43-45-47-49-51-53-57(61)58-55(54-59)56(60)52-50-48-46-44-42-40-38-36-34-24-22-20-18-16-14-12-10-8-6-4-2/h5,7,11,13,17,19,23,25,55-56,59-60H,3-4,6,8-10,12,14-16,18,20-22,24,26-54H2,1-2H3,(H,58,61)/b7-5-,13-11-,19-17-,25-23-. The number of carbonyl (C=O) groups is 1. The average molecular weight is 854 g/mol. The maximum absolute atomic E-state index is 12.5. The highest BCUT2D eigenvalue weighted by atomic mass is 16.3. The molecule has 358 valence electrons. The van der Waals surface area contributed by atoms with Gasteiger partial charge in [-0.05, 0) is 51.4 Å². The Morgan fingerprint density at radius 1 is 0.410 bits per heavy atom. The van der Waals surface area contributed by atoms with Crippen molar-refractivity contribution in [2.24, 2.45) is 0 Å². The molecular weight excluding hydrogens is 747 g/mol. The third kappa shape index (κ3) is 49.2. The van der Waals surface area contributed by atoms with E-state index in [4.69, 9.17) is 0 Å². The lowest BCUT2D eigenvalue weighted by molar-refractivity contribution is -0.123. The fraction of sp³-hybridized carbons (Fsp3) is 0.842. The van der Waals surface area contributed by atoms with Gasteiger partial charge in [0.15, 0.2) is 0 Å². The molecule has 0 saturated heterocycles. The second kappa shape index (κ2) is 52.7. The van der Waals surface area contributed by atoms with Gasteiger partial charge in [0.25, 0.3) is 0 Å². The number of allylic oxidation sites excluding steroid dienone is 8. The SMILES string of the molecule is CC/C=C\C/C=C\C/C=C\C/C=C\CCCCCCCCCCCCCCCCCCC(=O)NC(CO)C(O)CCCCCCCCCCCCCCCCCCCCCC. The van der Waals surface area contributed by atoms with E-state index in [9.17, 15) is 15.0 Å². The van der Waals surface area contributed by atoms with Crippen LogP contribution in [0.5, 0.6) is 0 Å². The zero-order chi connectivity index (χ0) is 44.2. The minimum atomic E-state index is -0.660. The molecular formula is C57H107NO3. The van der Waals surface area contributed by atoms with Crippen molar-refractivity contribution in [2.45, 2.75) is 302 Å². The molecule has 2 unspecified atom stereocenters. The molecule has 61 heavy (non-hydrogen) atoms. The van der Waals surface area contributed by atoms with E-state index in [-0.39, 0.29) is 12.5 Å². The van der Waals surface area contributed by atoms with Crippen LogP contribution in [0, 0.1) is 0 Å². The lowest BCUT2D eigenvalue weighted by Crippen LogP contribution is -2.45. The number of hydrogen-bond donors (Lipinski definition) is 3. The first-order valence-corrected chi connectivity index (χ1v) is 27.3. The summed E-state index contributed by atoms with van der Waals surface area (Å²) >= 11 is 0. The molecule has 1 amide bonds. The highest BCUT2D eigenvalue weighted by Crippen LogP contribution is 2.17. The van der Waals surface area contributed by atoms with Crippen molar-refractivity contribution in [1.29, 1.82) is 0 Å². The van der Waals surface area contributed by atoms with Gasteiger partial charge in [-0.2, -0.15) is 0 Å². The maximum Gasteiger partial charge on any atom is 0.220 e. The molecule has 0 aliphatic rings. The van der Waals surface area contributed by atoms with E-state index in [1.54, 1.807) is 0 Å². The monoisotopic (exact) mass is 854 g/mol. The zero-order valence-corrected chi connectivity index (χ0v) is 41.2. The van der Waals surface area contributed by atoms with Crippen molar-refractivity contribution in [2.75, 3.05) is 6.61 Å². The fourth-order valence-corrected chi connectivity index (χ4v) is 8.47. The van der Waals surface area contributed by atoms with Gasteiger partial charge in [-0.1, -0.05) is 281 Å². The van der Waals surface area contributed by atoms with E-state index in [1.165, 1.54) is 212 Å². The van der Waals surface area contributed by atoms with Gasteiger partial charge in [0.05, 0.1) is 18.8 Å². The summed E-state index contributed by atoms with van der Waals surface area (Å²) in [4.78, 5) is 12.5. The van der Waals surface area contributed by atoms with Gasteiger partial charge in [0.1, 0.15) is 0 Å². The normalized spacial score (nSPS) is 13.2. The van der Waals surface area contributed by atoms with Crippen LogP contribution in [0.25, 0.3) is 0 Å². The first-order valence-electron chi connectivity index (χ1n) is 27.3. The highest BCUT2D eigenvalue weighted by molar-refractivity contribution is 5.76. The maximum atomic E-state index is 12.5. The van der Waals surface area contributed by atoms with Gasteiger partial charge in [-0.25, -0.2) is 0 Å². The Bertz CT molecular complexity index is 970. The van der Waals surface area contributed by atoms with E-state index in [1.807, 2.05) is 0 Å². The molecule has 2 atom stereocenters. The summed E-state index contributed by atoms with van der Waals surface area (Å²) in [6.07, 6.45) is 72.3. The van der Waals surface area contributed by atoms with E-state index in [0.29, 0.717) is 12.8 Å². The van der Waals surface area contributed by atoms with Crippen LogP contribution in [0.2, 0.25) is 0 Å². The average Bonchev–Trinajstić information content (AvgIpc) is 3.26. The summed E-state index contributed by atoms with van der Waals surface area (Å²) in [6.45, 7) is 4.27. The Hall–Kier alpha value is -1.65. The summed E-state index contributed by atoms with van der Waals surface area (Å²) in [5.74, 6) is -0.0284. The van der Waals surface area contributed by atoms with Crippen LogP contribution >= 0.6 is 0 Å². The molecule has 0 aliphatic heterocycles. The Balaban J connectivity index is 3.45. The van der Waals surface area contributed by atoms with Crippen molar-refractivity contribution < 1.29 is 15.0 Å². The summed E-state index contributed by atoms with van der Waals surface area (Å²) in [5.41, 5.74) is 0. The van der Waals surface area contributed by atoms with Crippen molar-refractivity contribution in [3.8, 4) is 0 Å². The number of hydrogen-bond acceptors (Lipinski definition) is 3. The number of aliphatic hydroxyl groups is 2. The van der Waals surface area contributed by atoms with Crippen LogP contribution < -0.4 is 5.32 Å². The minimum absolute atomic E-state index is 0.0284. The second-order valence-corrected chi connectivity index (χ2v) is 18.6. The van der Waals surface area contributed by atoms with Gasteiger partial charge >= 0.3 is 0 Å². The van der Waals surface area contributed by atoms with Crippen LogP contribution in [0.3, 0.4) is 0 Å². The second-order valence-electron chi connectivity index (χ2n) is 18.6. The van der Waals surface area contributed by atoms with Gasteiger partial charge in [-0.15, -0.1) is 0 Å². The fourth-order valence-electron chi connectivity index (χ4n) is 8.47. The van der Waals surface area contributed by atoms with Crippen molar-refractivity contribution in [3.05, 3.63) is 48.6 Å². The predicted molar refractivity (Wildman–Crippen MR) is 271 cm³/mol. The summed E-state index contributed by atoms with van der Waals surface area (Å²) in [7, 11) is 0. The van der Waals surface area contributed by atoms with Gasteiger partial charge in [0.2, 0.25) is 5.91 Å². The molecule has 0 rings (SSSR count). The van der Waals surface area contributed by atoms with Crippen molar-refractivity contribution >= 4 is 5.91 Å². The molecule has 4 heteroatoms. The lowest BCUT2D eigenvalue weighted by atomic mass is 10.0. The summed E-state index contributed by atoms with van der Waals surface area (Å²) in [5, 5.41) is 23.3. The third-order valence-corrected chi connectivity index (χ3v) is 12.6. The molecule has 0 aliphatic carbocycles.